The quantitative estimate of drug-likeness (QED) is 0.293. The van der Waals surface area contributed by atoms with Crippen molar-refractivity contribution in [2.75, 3.05) is 6.61 Å². The van der Waals surface area contributed by atoms with Crippen LogP contribution in [0.1, 0.15) is 42.3 Å². The molecule has 0 bridgehead atoms. The molecule has 7 heteroatoms. The minimum Gasteiger partial charge on any atom is -0.508 e. The number of hydrogen-bond acceptors (Lipinski definition) is 6. The highest BCUT2D eigenvalue weighted by atomic mass is 16.5. The Morgan fingerprint density at radius 1 is 1.12 bits per heavy atom. The third-order valence-corrected chi connectivity index (χ3v) is 5.68. The van der Waals surface area contributed by atoms with Gasteiger partial charge in [-0.25, -0.2) is 0 Å². The van der Waals surface area contributed by atoms with E-state index < -0.39 is 17.7 Å². The fraction of sp³-hybridized carbons (Fsp3) is 0.259. The van der Waals surface area contributed by atoms with Gasteiger partial charge in [0.15, 0.2) is 0 Å². The zero-order chi connectivity index (χ0) is 24.4. The minimum atomic E-state index is -0.845. The van der Waals surface area contributed by atoms with Gasteiger partial charge in [-0.1, -0.05) is 26.0 Å². The number of likely N-dealkylation sites (tertiary alicyclic amines) is 1. The molecule has 1 amide bonds. The van der Waals surface area contributed by atoms with Crippen LogP contribution >= 0.6 is 0 Å². The molecule has 1 aliphatic rings. The van der Waals surface area contributed by atoms with Gasteiger partial charge < -0.3 is 24.3 Å². The summed E-state index contributed by atoms with van der Waals surface area (Å²) < 4.78 is 11.2. The zero-order valence-corrected chi connectivity index (χ0v) is 19.3. The molecular formula is C27H27NO6. The number of carbonyl (C=O) groups excluding carboxylic acids is 2. The molecule has 34 heavy (non-hydrogen) atoms. The number of nitrogens with zero attached hydrogens (tertiary/aromatic N) is 1. The van der Waals surface area contributed by atoms with Crippen LogP contribution in [-0.4, -0.2) is 33.4 Å². The summed E-state index contributed by atoms with van der Waals surface area (Å²) >= 11 is 0. The Bertz CT molecular complexity index is 1220. The van der Waals surface area contributed by atoms with Crippen LogP contribution < -0.4 is 4.74 Å². The van der Waals surface area contributed by atoms with Crippen molar-refractivity contribution in [3.63, 3.8) is 0 Å². The maximum atomic E-state index is 13.1. The fourth-order valence-corrected chi connectivity index (χ4v) is 3.99. The van der Waals surface area contributed by atoms with Crippen molar-refractivity contribution in [1.29, 1.82) is 0 Å². The van der Waals surface area contributed by atoms with E-state index in [-0.39, 0.29) is 23.6 Å². The first-order valence-corrected chi connectivity index (χ1v) is 11.1. The number of ether oxygens (including phenoxy) is 1. The smallest absolute Gasteiger partial charge is 0.296 e. The molecule has 0 spiro atoms. The summed E-state index contributed by atoms with van der Waals surface area (Å²) in [6, 6.07) is 13.9. The Labute approximate surface area is 197 Å². The molecule has 0 saturated carbocycles. The van der Waals surface area contributed by atoms with E-state index in [0.717, 1.165) is 5.56 Å². The van der Waals surface area contributed by atoms with Crippen LogP contribution in [0, 0.1) is 12.8 Å². The van der Waals surface area contributed by atoms with Crippen LogP contribution in [0.25, 0.3) is 5.76 Å². The van der Waals surface area contributed by atoms with Gasteiger partial charge in [0.2, 0.25) is 0 Å². The maximum Gasteiger partial charge on any atom is 0.296 e. The molecule has 1 fully saturated rings. The Morgan fingerprint density at radius 3 is 2.47 bits per heavy atom. The first kappa shape index (κ1) is 23.2. The fourth-order valence-electron chi connectivity index (χ4n) is 3.99. The van der Waals surface area contributed by atoms with Crippen molar-refractivity contribution >= 4 is 17.4 Å². The number of aliphatic hydroxyl groups is 1. The van der Waals surface area contributed by atoms with E-state index in [1.807, 2.05) is 6.92 Å². The van der Waals surface area contributed by atoms with Crippen LogP contribution in [0.15, 0.2) is 70.9 Å². The normalized spacial score (nSPS) is 17.5. The number of furan rings is 1. The third-order valence-electron chi connectivity index (χ3n) is 5.68. The Hall–Kier alpha value is -4.00. The number of phenolic OH excluding ortho intramolecular Hbond substituents is 1. The van der Waals surface area contributed by atoms with Crippen LogP contribution in [0.4, 0.5) is 0 Å². The largest absolute Gasteiger partial charge is 0.508 e. The molecule has 2 aromatic carbocycles. The third kappa shape index (κ3) is 4.55. The summed E-state index contributed by atoms with van der Waals surface area (Å²) in [7, 11) is 0. The summed E-state index contributed by atoms with van der Waals surface area (Å²) in [6.07, 6.45) is 1.49. The molecular weight excluding hydrogens is 434 g/mol. The number of rotatable bonds is 7. The monoisotopic (exact) mass is 461 g/mol. The van der Waals surface area contributed by atoms with Crippen LogP contribution in [0.3, 0.4) is 0 Å². The SMILES string of the molecule is Cc1cc(/C(O)=C2/C(=O)C(=O)N(Cc3ccco3)C2c2ccc(O)cc2)ccc1OCC(C)C. The van der Waals surface area contributed by atoms with Crippen LogP contribution in [0.2, 0.25) is 0 Å². The predicted molar refractivity (Wildman–Crippen MR) is 126 cm³/mol. The number of benzene rings is 2. The summed E-state index contributed by atoms with van der Waals surface area (Å²) in [5, 5.41) is 21.0. The number of hydrogen-bond donors (Lipinski definition) is 2. The van der Waals surface area contributed by atoms with Gasteiger partial charge in [0, 0.05) is 5.56 Å². The van der Waals surface area contributed by atoms with Gasteiger partial charge in [0.25, 0.3) is 11.7 Å². The number of amides is 1. The zero-order valence-electron chi connectivity index (χ0n) is 19.3. The van der Waals surface area contributed by atoms with E-state index in [9.17, 15) is 19.8 Å². The molecule has 176 valence electrons. The van der Waals surface area contributed by atoms with Crippen molar-refractivity contribution < 1.29 is 29.0 Å². The molecule has 1 aliphatic heterocycles. The van der Waals surface area contributed by atoms with Gasteiger partial charge in [-0.15, -0.1) is 0 Å². The number of carbonyl (C=O) groups is 2. The van der Waals surface area contributed by atoms with Gasteiger partial charge in [0.05, 0.1) is 31.0 Å². The summed E-state index contributed by atoms with van der Waals surface area (Å²) in [6.45, 7) is 6.59. The lowest BCUT2D eigenvalue weighted by Gasteiger charge is -2.24. The van der Waals surface area contributed by atoms with Crippen molar-refractivity contribution in [3.05, 3.63) is 88.9 Å². The highest BCUT2D eigenvalue weighted by Crippen LogP contribution is 2.41. The summed E-state index contributed by atoms with van der Waals surface area (Å²) in [4.78, 5) is 27.5. The Balaban J connectivity index is 1.78. The predicted octanol–water partition coefficient (Wildman–Crippen LogP) is 4.95. The van der Waals surface area contributed by atoms with Crippen LogP contribution in [0.5, 0.6) is 11.5 Å². The molecule has 1 aromatic heterocycles. The van der Waals surface area contributed by atoms with E-state index in [1.54, 1.807) is 42.5 Å². The average Bonchev–Trinajstić information content (AvgIpc) is 3.41. The van der Waals surface area contributed by atoms with Crippen molar-refractivity contribution in [1.82, 2.24) is 4.90 Å². The lowest BCUT2D eigenvalue weighted by Crippen LogP contribution is -2.29. The molecule has 4 rings (SSSR count). The van der Waals surface area contributed by atoms with Crippen molar-refractivity contribution in [3.8, 4) is 11.5 Å². The van der Waals surface area contributed by atoms with Gasteiger partial charge in [-0.05, 0) is 66.4 Å². The number of phenols is 1. The minimum absolute atomic E-state index is 0.0162. The molecule has 1 atom stereocenters. The lowest BCUT2D eigenvalue weighted by atomic mass is 9.94. The lowest BCUT2D eigenvalue weighted by molar-refractivity contribution is -0.140. The van der Waals surface area contributed by atoms with E-state index in [2.05, 4.69) is 13.8 Å². The van der Waals surface area contributed by atoms with Crippen molar-refractivity contribution in [2.45, 2.75) is 33.4 Å². The Morgan fingerprint density at radius 2 is 1.85 bits per heavy atom. The molecule has 2 N–H and O–H groups in total. The molecule has 3 aromatic rings. The maximum absolute atomic E-state index is 13.1. The first-order chi connectivity index (χ1) is 16.3. The number of aliphatic hydroxyl groups excluding tert-OH is 1. The topological polar surface area (TPSA) is 100 Å². The highest BCUT2D eigenvalue weighted by Gasteiger charge is 2.46. The van der Waals surface area contributed by atoms with E-state index in [1.165, 1.54) is 23.3 Å². The van der Waals surface area contributed by atoms with Gasteiger partial charge in [0.1, 0.15) is 23.0 Å². The summed E-state index contributed by atoms with van der Waals surface area (Å²) in [5.41, 5.74) is 1.78. The van der Waals surface area contributed by atoms with Gasteiger partial charge in [-0.3, -0.25) is 9.59 Å². The number of Topliss-reactive ketones (excluding diaryl/α,β-unsaturated/α-hetero) is 1. The number of ketones is 1. The van der Waals surface area contributed by atoms with E-state index >= 15 is 0 Å². The molecule has 1 saturated heterocycles. The molecule has 0 radical (unpaired) electrons. The molecule has 1 unspecified atom stereocenters. The van der Waals surface area contributed by atoms with Crippen molar-refractivity contribution in [2.24, 2.45) is 5.92 Å². The second-order valence-corrected chi connectivity index (χ2v) is 8.78. The average molecular weight is 462 g/mol. The summed E-state index contributed by atoms with van der Waals surface area (Å²) in [5.74, 6) is -0.157. The van der Waals surface area contributed by atoms with E-state index in [4.69, 9.17) is 9.15 Å². The number of aryl methyl sites for hydroxylation is 1. The Kier molecular flexibility index (Phi) is 6.45. The standard InChI is InChI=1S/C27H27NO6/c1-16(2)15-34-22-11-8-19(13-17(22)3)25(30)23-24(18-6-9-20(29)10-7-18)28(27(32)26(23)31)14-21-5-4-12-33-21/h4-13,16,24,29-30H,14-15H2,1-3H3/b25-23-. The van der Waals surface area contributed by atoms with Gasteiger partial charge >= 0.3 is 0 Å². The molecule has 7 nitrogen and oxygen atoms in total. The van der Waals surface area contributed by atoms with Gasteiger partial charge in [-0.2, -0.15) is 0 Å². The second-order valence-electron chi connectivity index (χ2n) is 8.78. The van der Waals surface area contributed by atoms with Crippen LogP contribution in [-0.2, 0) is 16.1 Å². The first-order valence-electron chi connectivity index (χ1n) is 11.1. The highest BCUT2D eigenvalue weighted by molar-refractivity contribution is 6.46. The molecule has 0 aliphatic carbocycles. The molecule has 2 heterocycles. The number of aromatic hydroxyl groups is 1. The van der Waals surface area contributed by atoms with E-state index in [0.29, 0.717) is 35.2 Å². The second kappa shape index (κ2) is 9.47.